The van der Waals surface area contributed by atoms with Gasteiger partial charge in [0.15, 0.2) is 0 Å². The van der Waals surface area contributed by atoms with E-state index in [0.29, 0.717) is 24.4 Å². The first kappa shape index (κ1) is 25.2. The lowest BCUT2D eigenvalue weighted by Crippen LogP contribution is -2.45. The van der Waals surface area contributed by atoms with Crippen molar-refractivity contribution in [1.29, 1.82) is 0 Å². The molecule has 2 aromatic rings. The summed E-state index contributed by atoms with van der Waals surface area (Å²) in [5.74, 6) is -1.06. The van der Waals surface area contributed by atoms with Crippen LogP contribution in [0.1, 0.15) is 42.6 Å². The summed E-state index contributed by atoms with van der Waals surface area (Å²) in [6, 6.07) is 13.6. The summed E-state index contributed by atoms with van der Waals surface area (Å²) in [4.78, 5) is 24.7. The molecule has 1 heterocycles. The molecule has 1 fully saturated rings. The second-order valence-electron chi connectivity index (χ2n) is 8.78. The molecule has 1 aliphatic heterocycles. The molecular formula is C24H29ClN2O5S. The number of carbonyl (C=O) groups excluding carboxylic acids is 2. The quantitative estimate of drug-likeness (QED) is 0.596. The van der Waals surface area contributed by atoms with E-state index in [1.807, 2.05) is 38.1 Å². The number of hydrogen-bond acceptors (Lipinski definition) is 5. The van der Waals surface area contributed by atoms with Gasteiger partial charge in [-0.2, -0.15) is 4.31 Å². The molecule has 9 heteroatoms. The minimum absolute atomic E-state index is 0.00288. The average Bonchev–Trinajstić information content (AvgIpc) is 2.82. The number of methoxy groups -OCH3 is 1. The van der Waals surface area contributed by atoms with Gasteiger partial charge in [0, 0.05) is 36.0 Å². The topological polar surface area (TPSA) is 92.8 Å². The molecular weight excluding hydrogens is 464 g/mol. The predicted molar refractivity (Wildman–Crippen MR) is 127 cm³/mol. The molecule has 0 bridgehead atoms. The van der Waals surface area contributed by atoms with Crippen molar-refractivity contribution in [2.45, 2.75) is 37.0 Å². The molecule has 0 radical (unpaired) electrons. The fourth-order valence-corrected chi connectivity index (χ4v) is 5.77. The number of rotatable bonds is 7. The number of nitrogens with zero attached hydrogens (tertiary/aromatic N) is 1. The summed E-state index contributed by atoms with van der Waals surface area (Å²) >= 11 is 6.10. The van der Waals surface area contributed by atoms with E-state index in [2.05, 4.69) is 5.32 Å². The molecule has 0 aromatic heterocycles. The Morgan fingerprint density at radius 1 is 1.12 bits per heavy atom. The van der Waals surface area contributed by atoms with E-state index in [0.717, 1.165) is 5.56 Å². The molecule has 1 amide bonds. The predicted octanol–water partition coefficient (Wildman–Crippen LogP) is 3.62. The summed E-state index contributed by atoms with van der Waals surface area (Å²) in [6.45, 7) is 4.91. The van der Waals surface area contributed by atoms with Crippen LogP contribution < -0.4 is 5.32 Å². The van der Waals surface area contributed by atoms with Gasteiger partial charge in [0.1, 0.15) is 0 Å². The minimum Gasteiger partial charge on any atom is -0.465 e. The molecule has 178 valence electrons. The fraction of sp³-hybridized carbons (Fsp3) is 0.417. The van der Waals surface area contributed by atoms with Gasteiger partial charge in [-0.3, -0.25) is 4.79 Å². The molecule has 1 N–H and O–H groups in total. The first-order valence-electron chi connectivity index (χ1n) is 10.8. The number of halogens is 1. The van der Waals surface area contributed by atoms with Crippen LogP contribution in [0.4, 0.5) is 0 Å². The van der Waals surface area contributed by atoms with Gasteiger partial charge in [0.2, 0.25) is 15.9 Å². The highest BCUT2D eigenvalue weighted by molar-refractivity contribution is 7.89. The molecule has 0 spiro atoms. The van der Waals surface area contributed by atoms with Crippen LogP contribution in [0.15, 0.2) is 53.4 Å². The van der Waals surface area contributed by atoms with Crippen LogP contribution in [0.2, 0.25) is 5.02 Å². The third-order valence-electron chi connectivity index (χ3n) is 6.05. The van der Waals surface area contributed by atoms with E-state index in [9.17, 15) is 18.0 Å². The molecule has 7 nitrogen and oxygen atoms in total. The first-order valence-corrected chi connectivity index (χ1v) is 12.6. The van der Waals surface area contributed by atoms with Crippen molar-refractivity contribution in [3.63, 3.8) is 0 Å². The molecule has 0 saturated carbocycles. The van der Waals surface area contributed by atoms with E-state index in [1.54, 1.807) is 12.1 Å². The highest BCUT2D eigenvalue weighted by atomic mass is 35.5. The number of ether oxygens (including phenoxy) is 1. The van der Waals surface area contributed by atoms with E-state index >= 15 is 0 Å². The molecule has 33 heavy (non-hydrogen) atoms. The molecule has 1 saturated heterocycles. The monoisotopic (exact) mass is 492 g/mol. The molecule has 1 aliphatic rings. The lowest BCUT2D eigenvalue weighted by atomic mass is 9.84. The van der Waals surface area contributed by atoms with Gasteiger partial charge in [-0.1, -0.05) is 49.7 Å². The van der Waals surface area contributed by atoms with Crippen LogP contribution >= 0.6 is 11.6 Å². The zero-order valence-corrected chi connectivity index (χ0v) is 20.6. The Kier molecular flexibility index (Phi) is 7.82. The van der Waals surface area contributed by atoms with Gasteiger partial charge in [-0.25, -0.2) is 13.2 Å². The molecule has 0 atom stereocenters. The molecule has 0 unspecified atom stereocenters. The zero-order chi connectivity index (χ0) is 24.2. The highest BCUT2D eigenvalue weighted by Gasteiger charge is 2.34. The number of sulfonamides is 1. The lowest BCUT2D eigenvalue weighted by Gasteiger charge is -2.32. The standard InChI is InChI=1S/C24H29ClN2O5S/c1-24(2,18-7-6-8-19(25)15-18)16-26-22(28)17-11-13-27(14-12-17)33(30,31)21-10-5-4-9-20(21)23(29)32-3/h4-10,15,17H,11-14,16H2,1-3H3,(H,26,28). The third kappa shape index (κ3) is 5.75. The SMILES string of the molecule is COC(=O)c1ccccc1S(=O)(=O)N1CCC(C(=O)NCC(C)(C)c2cccc(Cl)c2)CC1. The van der Waals surface area contributed by atoms with Crippen LogP contribution in [0, 0.1) is 5.92 Å². The smallest absolute Gasteiger partial charge is 0.339 e. The Morgan fingerprint density at radius 3 is 2.42 bits per heavy atom. The average molecular weight is 493 g/mol. The summed E-state index contributed by atoms with van der Waals surface area (Å²) < 4.78 is 32.4. The number of carbonyl (C=O) groups is 2. The summed E-state index contributed by atoms with van der Waals surface area (Å²) in [5.41, 5.74) is 0.728. The van der Waals surface area contributed by atoms with Crippen molar-refractivity contribution in [3.8, 4) is 0 Å². The molecule has 2 aromatic carbocycles. The van der Waals surface area contributed by atoms with E-state index < -0.39 is 16.0 Å². The molecule has 0 aliphatic carbocycles. The van der Waals surface area contributed by atoms with Crippen molar-refractivity contribution in [3.05, 3.63) is 64.7 Å². The van der Waals surface area contributed by atoms with Crippen LogP contribution in [-0.2, 0) is 25.0 Å². The van der Waals surface area contributed by atoms with E-state index in [4.69, 9.17) is 16.3 Å². The maximum atomic E-state index is 13.2. The first-order chi connectivity index (χ1) is 15.6. The van der Waals surface area contributed by atoms with Gasteiger partial charge in [-0.05, 0) is 42.7 Å². The van der Waals surface area contributed by atoms with Gasteiger partial charge >= 0.3 is 5.97 Å². The summed E-state index contributed by atoms with van der Waals surface area (Å²) in [6.07, 6.45) is 0.812. The van der Waals surface area contributed by atoms with Crippen molar-refractivity contribution in [1.82, 2.24) is 9.62 Å². The maximum Gasteiger partial charge on any atom is 0.339 e. The summed E-state index contributed by atoms with van der Waals surface area (Å²) in [5, 5.41) is 3.66. The highest BCUT2D eigenvalue weighted by Crippen LogP contribution is 2.28. The molecule has 3 rings (SSSR count). The van der Waals surface area contributed by atoms with Crippen molar-refractivity contribution in [2.24, 2.45) is 5.92 Å². The van der Waals surface area contributed by atoms with Gasteiger partial charge in [0.25, 0.3) is 0 Å². The van der Waals surface area contributed by atoms with Crippen LogP contribution in [0.25, 0.3) is 0 Å². The Balaban J connectivity index is 1.62. The number of hydrogen-bond donors (Lipinski definition) is 1. The van der Waals surface area contributed by atoms with Gasteiger partial charge in [0.05, 0.1) is 17.6 Å². The van der Waals surface area contributed by atoms with Gasteiger partial charge in [-0.15, -0.1) is 0 Å². The maximum absolute atomic E-state index is 13.2. The minimum atomic E-state index is -3.88. The fourth-order valence-electron chi connectivity index (χ4n) is 3.93. The zero-order valence-electron chi connectivity index (χ0n) is 19.0. The van der Waals surface area contributed by atoms with E-state index in [-0.39, 0.29) is 40.8 Å². The van der Waals surface area contributed by atoms with Crippen LogP contribution in [0.5, 0.6) is 0 Å². The Morgan fingerprint density at radius 2 is 1.79 bits per heavy atom. The van der Waals surface area contributed by atoms with Crippen LogP contribution in [0.3, 0.4) is 0 Å². The van der Waals surface area contributed by atoms with E-state index in [1.165, 1.54) is 23.5 Å². The lowest BCUT2D eigenvalue weighted by molar-refractivity contribution is -0.126. The normalized spacial score (nSPS) is 15.8. The number of amides is 1. The summed E-state index contributed by atoms with van der Waals surface area (Å²) in [7, 11) is -2.67. The second kappa shape index (κ2) is 10.2. The van der Waals surface area contributed by atoms with Crippen molar-refractivity contribution < 1.29 is 22.7 Å². The second-order valence-corrected chi connectivity index (χ2v) is 11.1. The Labute approximate surface area is 200 Å². The number of piperidine rings is 1. The Bertz CT molecular complexity index is 1130. The number of nitrogens with one attached hydrogen (secondary N) is 1. The Hall–Kier alpha value is -2.42. The number of esters is 1. The van der Waals surface area contributed by atoms with Crippen LogP contribution in [-0.4, -0.2) is 51.3 Å². The largest absolute Gasteiger partial charge is 0.465 e. The van der Waals surface area contributed by atoms with Gasteiger partial charge < -0.3 is 10.1 Å². The third-order valence-corrected chi connectivity index (χ3v) is 8.24. The van der Waals surface area contributed by atoms with Crippen molar-refractivity contribution >= 4 is 33.5 Å². The van der Waals surface area contributed by atoms with Crippen molar-refractivity contribution in [2.75, 3.05) is 26.7 Å². The number of benzene rings is 2.